The van der Waals surface area contributed by atoms with Crippen LogP contribution in [0.25, 0.3) is 10.6 Å². The van der Waals surface area contributed by atoms with E-state index in [1.165, 1.54) is 35.6 Å². The first-order valence-corrected chi connectivity index (χ1v) is 9.21. The Balaban J connectivity index is 1.46. The van der Waals surface area contributed by atoms with Crippen molar-refractivity contribution >= 4 is 45.3 Å². The Labute approximate surface area is 151 Å². The monoisotopic (exact) mass is 375 g/mol. The minimum Gasteiger partial charge on any atom is -0.326 e. The molecule has 2 aromatic heterocycles. The van der Waals surface area contributed by atoms with Crippen LogP contribution in [-0.2, 0) is 9.59 Å². The number of aromatic nitrogens is 1. The molecule has 2 N–H and O–H groups in total. The van der Waals surface area contributed by atoms with Gasteiger partial charge in [-0.15, -0.1) is 22.7 Å². The highest BCUT2D eigenvalue weighted by molar-refractivity contribution is 7.16. The van der Waals surface area contributed by atoms with Gasteiger partial charge < -0.3 is 10.6 Å². The fourth-order valence-electron chi connectivity index (χ4n) is 2.03. The standard InChI is InChI=1S/C17H14FN3O2S2/c18-11-3-5-12(6-4-11)19-15(22)7-8-16(23)21-17-20-13(10-25-17)14-2-1-9-24-14/h1-6,9-10H,7-8H2,(H,19,22)(H,20,21,23). The molecule has 0 aliphatic carbocycles. The average Bonchev–Trinajstić information content (AvgIpc) is 3.26. The zero-order chi connectivity index (χ0) is 17.6. The molecule has 5 nitrogen and oxygen atoms in total. The first kappa shape index (κ1) is 17.2. The van der Waals surface area contributed by atoms with Crippen LogP contribution in [0.2, 0.25) is 0 Å². The summed E-state index contributed by atoms with van der Waals surface area (Å²) >= 11 is 2.92. The summed E-state index contributed by atoms with van der Waals surface area (Å²) in [4.78, 5) is 29.1. The molecule has 128 valence electrons. The van der Waals surface area contributed by atoms with Crippen LogP contribution >= 0.6 is 22.7 Å². The molecule has 0 saturated carbocycles. The molecule has 2 amide bonds. The van der Waals surface area contributed by atoms with E-state index in [-0.39, 0.29) is 30.5 Å². The van der Waals surface area contributed by atoms with E-state index in [2.05, 4.69) is 15.6 Å². The maximum atomic E-state index is 12.8. The van der Waals surface area contributed by atoms with Crippen LogP contribution in [0.15, 0.2) is 47.2 Å². The highest BCUT2D eigenvalue weighted by Gasteiger charge is 2.11. The first-order chi connectivity index (χ1) is 12.1. The second kappa shape index (κ2) is 8.00. The van der Waals surface area contributed by atoms with E-state index in [0.29, 0.717) is 10.8 Å². The number of nitrogens with one attached hydrogen (secondary N) is 2. The van der Waals surface area contributed by atoms with Gasteiger partial charge in [0.1, 0.15) is 5.82 Å². The van der Waals surface area contributed by atoms with Crippen LogP contribution in [0, 0.1) is 5.82 Å². The molecule has 25 heavy (non-hydrogen) atoms. The first-order valence-electron chi connectivity index (χ1n) is 7.45. The van der Waals surface area contributed by atoms with E-state index >= 15 is 0 Å². The second-order valence-electron chi connectivity index (χ2n) is 5.12. The largest absolute Gasteiger partial charge is 0.326 e. The smallest absolute Gasteiger partial charge is 0.226 e. The maximum absolute atomic E-state index is 12.8. The summed E-state index contributed by atoms with van der Waals surface area (Å²) < 4.78 is 12.8. The lowest BCUT2D eigenvalue weighted by atomic mass is 10.2. The van der Waals surface area contributed by atoms with Gasteiger partial charge in [-0.25, -0.2) is 9.37 Å². The number of benzene rings is 1. The van der Waals surface area contributed by atoms with E-state index < -0.39 is 0 Å². The highest BCUT2D eigenvalue weighted by Crippen LogP contribution is 2.28. The van der Waals surface area contributed by atoms with Gasteiger partial charge in [-0.2, -0.15) is 0 Å². The Kier molecular flexibility index (Phi) is 5.52. The number of rotatable bonds is 6. The van der Waals surface area contributed by atoms with Crippen molar-refractivity contribution in [1.29, 1.82) is 0 Å². The topological polar surface area (TPSA) is 71.1 Å². The van der Waals surface area contributed by atoms with Gasteiger partial charge in [0.25, 0.3) is 0 Å². The van der Waals surface area contributed by atoms with Gasteiger partial charge in [0.2, 0.25) is 11.8 Å². The summed E-state index contributed by atoms with van der Waals surface area (Å²) in [5.74, 6) is -0.954. The molecule has 0 spiro atoms. The molecule has 0 radical (unpaired) electrons. The SMILES string of the molecule is O=C(CCC(=O)Nc1nc(-c2cccs2)cs1)Nc1ccc(F)cc1. The summed E-state index contributed by atoms with van der Waals surface area (Å²) in [6, 6.07) is 9.36. The van der Waals surface area contributed by atoms with Crippen LogP contribution in [0.4, 0.5) is 15.2 Å². The number of thiazole rings is 1. The van der Waals surface area contributed by atoms with Crippen molar-refractivity contribution in [2.24, 2.45) is 0 Å². The van der Waals surface area contributed by atoms with Crippen molar-refractivity contribution in [3.05, 3.63) is 53.0 Å². The number of amides is 2. The van der Waals surface area contributed by atoms with E-state index in [1.807, 2.05) is 22.9 Å². The van der Waals surface area contributed by atoms with E-state index in [9.17, 15) is 14.0 Å². The fraction of sp³-hybridized carbons (Fsp3) is 0.118. The van der Waals surface area contributed by atoms with Crippen molar-refractivity contribution in [3.8, 4) is 10.6 Å². The van der Waals surface area contributed by atoms with Gasteiger partial charge in [0.05, 0.1) is 10.6 Å². The normalized spacial score (nSPS) is 10.4. The van der Waals surface area contributed by atoms with Gasteiger partial charge >= 0.3 is 0 Å². The number of halogens is 1. The summed E-state index contributed by atoms with van der Waals surface area (Å²) in [6.07, 6.45) is 0.0767. The lowest BCUT2D eigenvalue weighted by Gasteiger charge is -2.05. The minimum atomic E-state index is -0.372. The van der Waals surface area contributed by atoms with Crippen molar-refractivity contribution in [2.45, 2.75) is 12.8 Å². The number of carbonyl (C=O) groups is 2. The maximum Gasteiger partial charge on any atom is 0.226 e. The third kappa shape index (κ3) is 4.94. The molecular weight excluding hydrogens is 361 g/mol. The molecule has 0 bridgehead atoms. The van der Waals surface area contributed by atoms with Gasteiger partial charge in [0, 0.05) is 23.9 Å². The number of carbonyl (C=O) groups excluding carboxylic acids is 2. The van der Waals surface area contributed by atoms with Crippen molar-refractivity contribution < 1.29 is 14.0 Å². The van der Waals surface area contributed by atoms with Crippen LogP contribution in [0.5, 0.6) is 0 Å². The number of thiophene rings is 1. The minimum absolute atomic E-state index is 0.0341. The van der Waals surface area contributed by atoms with Crippen LogP contribution in [0.1, 0.15) is 12.8 Å². The molecule has 0 unspecified atom stereocenters. The summed E-state index contributed by atoms with van der Waals surface area (Å²) in [7, 11) is 0. The zero-order valence-corrected chi connectivity index (χ0v) is 14.6. The predicted molar refractivity (Wildman–Crippen MR) is 98.3 cm³/mol. The van der Waals surface area contributed by atoms with Crippen LogP contribution in [0.3, 0.4) is 0 Å². The molecule has 3 aromatic rings. The van der Waals surface area contributed by atoms with Crippen molar-refractivity contribution in [3.63, 3.8) is 0 Å². The van der Waals surface area contributed by atoms with E-state index in [1.54, 1.807) is 11.3 Å². The molecule has 0 atom stereocenters. The Morgan fingerprint density at radius 2 is 1.72 bits per heavy atom. The van der Waals surface area contributed by atoms with E-state index in [4.69, 9.17) is 0 Å². The molecule has 3 rings (SSSR count). The lowest BCUT2D eigenvalue weighted by molar-refractivity contribution is -0.121. The Bertz CT molecular complexity index is 860. The molecule has 0 aliphatic heterocycles. The van der Waals surface area contributed by atoms with Crippen molar-refractivity contribution in [1.82, 2.24) is 4.98 Å². The lowest BCUT2D eigenvalue weighted by Crippen LogP contribution is -2.17. The summed E-state index contributed by atoms with van der Waals surface area (Å²) in [6.45, 7) is 0. The molecule has 0 fully saturated rings. The predicted octanol–water partition coefficient (Wildman–Crippen LogP) is 4.37. The quantitative estimate of drug-likeness (QED) is 0.672. The fourth-order valence-corrected chi connectivity index (χ4v) is 3.52. The molecular formula is C17H14FN3O2S2. The van der Waals surface area contributed by atoms with Crippen LogP contribution < -0.4 is 10.6 Å². The Morgan fingerprint density at radius 3 is 2.40 bits per heavy atom. The third-order valence-electron chi connectivity index (χ3n) is 3.23. The highest BCUT2D eigenvalue weighted by atomic mass is 32.1. The molecule has 0 saturated heterocycles. The van der Waals surface area contributed by atoms with Gasteiger partial charge in [-0.05, 0) is 35.7 Å². The number of hydrogen-bond donors (Lipinski definition) is 2. The van der Waals surface area contributed by atoms with Crippen molar-refractivity contribution in [2.75, 3.05) is 10.6 Å². The second-order valence-corrected chi connectivity index (χ2v) is 6.92. The third-order valence-corrected chi connectivity index (χ3v) is 4.88. The Morgan fingerprint density at radius 1 is 1.00 bits per heavy atom. The zero-order valence-electron chi connectivity index (χ0n) is 13.0. The van der Waals surface area contributed by atoms with Gasteiger partial charge in [-0.1, -0.05) is 6.07 Å². The average molecular weight is 375 g/mol. The molecule has 8 heteroatoms. The number of nitrogens with zero attached hydrogens (tertiary/aromatic N) is 1. The molecule has 0 aliphatic rings. The number of hydrogen-bond acceptors (Lipinski definition) is 5. The molecule has 1 aromatic carbocycles. The summed E-state index contributed by atoms with van der Waals surface area (Å²) in [5, 5.41) is 9.66. The van der Waals surface area contributed by atoms with Gasteiger partial charge in [-0.3, -0.25) is 9.59 Å². The Hall–Kier alpha value is -2.58. The van der Waals surface area contributed by atoms with Crippen LogP contribution in [-0.4, -0.2) is 16.8 Å². The summed E-state index contributed by atoms with van der Waals surface area (Å²) in [5.41, 5.74) is 1.32. The van der Waals surface area contributed by atoms with E-state index in [0.717, 1.165) is 10.6 Å². The molecule has 2 heterocycles. The van der Waals surface area contributed by atoms with Gasteiger partial charge in [0.15, 0.2) is 5.13 Å². The number of anilines is 2.